The predicted octanol–water partition coefficient (Wildman–Crippen LogP) is 4.36. The van der Waals surface area contributed by atoms with Crippen molar-refractivity contribution in [2.24, 2.45) is 11.7 Å². The summed E-state index contributed by atoms with van der Waals surface area (Å²) in [5.41, 5.74) is 7.52. The van der Waals surface area contributed by atoms with Gasteiger partial charge in [-0.1, -0.05) is 36.4 Å². The van der Waals surface area contributed by atoms with E-state index < -0.39 is 5.60 Å². The second kappa shape index (κ2) is 11.5. The Labute approximate surface area is 207 Å². The van der Waals surface area contributed by atoms with Gasteiger partial charge in [-0.05, 0) is 67.3 Å². The van der Waals surface area contributed by atoms with Crippen LogP contribution < -0.4 is 5.73 Å². The van der Waals surface area contributed by atoms with E-state index in [9.17, 15) is 14.3 Å². The Hall–Kier alpha value is -2.48. The van der Waals surface area contributed by atoms with E-state index >= 15 is 0 Å². The van der Waals surface area contributed by atoms with Gasteiger partial charge in [-0.2, -0.15) is 0 Å². The summed E-state index contributed by atoms with van der Waals surface area (Å²) in [6.45, 7) is 3.12. The van der Waals surface area contributed by atoms with E-state index in [0.717, 1.165) is 48.8 Å². The molecule has 0 radical (unpaired) electrons. The summed E-state index contributed by atoms with van der Waals surface area (Å²) in [4.78, 5) is 17.0. The number of rotatable bonds is 8. The zero-order valence-corrected chi connectivity index (χ0v) is 20.7. The molecule has 35 heavy (non-hydrogen) atoms. The number of ether oxygens (including phenoxy) is 1. The Morgan fingerprint density at radius 3 is 2.54 bits per heavy atom. The number of benzene rings is 2. The molecular weight excluding hydrogens is 445 g/mol. The zero-order chi connectivity index (χ0) is 24.8. The third kappa shape index (κ3) is 5.85. The molecule has 0 saturated carbocycles. The second-order valence-electron chi connectivity index (χ2n) is 9.99. The number of unbranched alkanes of at least 4 members (excludes halogenated alkanes) is 1. The van der Waals surface area contributed by atoms with Crippen LogP contribution in [0.5, 0.6) is 0 Å². The molecule has 0 bridgehead atoms. The number of carbonyl (C=O) groups excluding carboxylic acids is 1. The molecule has 2 heterocycles. The van der Waals surface area contributed by atoms with Crippen molar-refractivity contribution < 1.29 is 19.0 Å². The lowest BCUT2D eigenvalue weighted by Gasteiger charge is -2.44. The Morgan fingerprint density at radius 1 is 1.09 bits per heavy atom. The molecule has 6 nitrogen and oxygen atoms in total. The van der Waals surface area contributed by atoms with Gasteiger partial charge < -0.3 is 25.4 Å². The molecule has 2 aliphatic heterocycles. The minimum Gasteiger partial charge on any atom is -0.385 e. The first-order valence-electron chi connectivity index (χ1n) is 12.8. The lowest BCUT2D eigenvalue weighted by molar-refractivity contribution is -0.0571. The van der Waals surface area contributed by atoms with Crippen LogP contribution in [0.3, 0.4) is 0 Å². The minimum absolute atomic E-state index is 0.0243. The van der Waals surface area contributed by atoms with Gasteiger partial charge in [0.2, 0.25) is 0 Å². The molecule has 0 spiro atoms. The molecule has 190 valence electrons. The van der Waals surface area contributed by atoms with Gasteiger partial charge in [0.05, 0.1) is 5.60 Å². The SMILES string of the molecule is COCCCC[C@@](O)(c1ccccc1-c1ccc(F)cc1)[C@@H]1CCCN(C(=O)N2CC[C@H](N)C2)C1. The van der Waals surface area contributed by atoms with Crippen LogP contribution in [0.15, 0.2) is 48.5 Å². The molecule has 2 aromatic carbocycles. The summed E-state index contributed by atoms with van der Waals surface area (Å²) < 4.78 is 18.9. The van der Waals surface area contributed by atoms with Crippen molar-refractivity contribution in [2.45, 2.75) is 50.2 Å². The molecule has 0 aliphatic carbocycles. The molecule has 4 rings (SSSR count). The molecule has 2 fully saturated rings. The molecular formula is C28H38FN3O3. The molecule has 3 N–H and O–H groups in total. The summed E-state index contributed by atoms with van der Waals surface area (Å²) >= 11 is 0. The normalized spacial score (nSPS) is 22.3. The number of nitrogens with two attached hydrogens (primary N) is 1. The molecule has 2 aromatic rings. The summed E-state index contributed by atoms with van der Waals surface area (Å²) in [6.07, 6.45) is 4.72. The lowest BCUT2D eigenvalue weighted by Crippen LogP contribution is -2.51. The number of hydrogen-bond donors (Lipinski definition) is 2. The minimum atomic E-state index is -1.13. The fourth-order valence-electron chi connectivity index (χ4n) is 5.64. The van der Waals surface area contributed by atoms with Crippen molar-refractivity contribution in [1.82, 2.24) is 9.80 Å². The molecule has 2 saturated heterocycles. The number of urea groups is 1. The van der Waals surface area contributed by atoms with Crippen LogP contribution in [0, 0.1) is 11.7 Å². The quantitative estimate of drug-likeness (QED) is 0.547. The maximum absolute atomic E-state index is 13.6. The van der Waals surface area contributed by atoms with Crippen molar-refractivity contribution in [2.75, 3.05) is 39.9 Å². The van der Waals surface area contributed by atoms with Gasteiger partial charge in [-0.25, -0.2) is 9.18 Å². The summed E-state index contributed by atoms with van der Waals surface area (Å²) in [6, 6.07) is 14.3. The summed E-state index contributed by atoms with van der Waals surface area (Å²) in [5, 5.41) is 12.4. The number of carbonyl (C=O) groups is 1. The number of nitrogens with zero attached hydrogens (tertiary/aromatic N) is 2. The maximum Gasteiger partial charge on any atom is 0.320 e. The fourth-order valence-corrected chi connectivity index (χ4v) is 5.64. The van der Waals surface area contributed by atoms with E-state index in [-0.39, 0.29) is 23.8 Å². The first kappa shape index (κ1) is 25.6. The van der Waals surface area contributed by atoms with Crippen molar-refractivity contribution in [3.63, 3.8) is 0 Å². The lowest BCUT2D eigenvalue weighted by atomic mass is 9.72. The highest BCUT2D eigenvalue weighted by atomic mass is 19.1. The van der Waals surface area contributed by atoms with Crippen LogP contribution in [-0.2, 0) is 10.3 Å². The van der Waals surface area contributed by atoms with Crippen LogP contribution >= 0.6 is 0 Å². The molecule has 7 heteroatoms. The average molecular weight is 484 g/mol. The van der Waals surface area contributed by atoms with Gasteiger partial charge in [0.25, 0.3) is 0 Å². The maximum atomic E-state index is 13.6. The highest BCUT2D eigenvalue weighted by Crippen LogP contribution is 2.43. The van der Waals surface area contributed by atoms with Gasteiger partial charge in [-0.3, -0.25) is 0 Å². The van der Waals surface area contributed by atoms with Crippen LogP contribution in [0.1, 0.15) is 44.1 Å². The van der Waals surface area contributed by atoms with Crippen molar-refractivity contribution in [3.05, 3.63) is 59.9 Å². The summed E-state index contributed by atoms with van der Waals surface area (Å²) in [7, 11) is 1.69. The van der Waals surface area contributed by atoms with Crippen LogP contribution in [-0.4, -0.2) is 66.9 Å². The third-order valence-corrected chi connectivity index (χ3v) is 7.57. The largest absolute Gasteiger partial charge is 0.385 e. The topological polar surface area (TPSA) is 79.0 Å². The molecule has 0 aromatic heterocycles. The van der Waals surface area contributed by atoms with Crippen molar-refractivity contribution >= 4 is 6.03 Å². The number of hydrogen-bond acceptors (Lipinski definition) is 4. The standard InChI is InChI=1S/C28H38FN3O3/c1-35-18-5-4-15-28(34,26-9-3-2-8-25(26)21-10-12-23(29)13-11-21)22-7-6-16-31(19-22)27(33)32-17-14-24(30)20-32/h2-3,8-13,22,24,34H,4-7,14-20,30H2,1H3/t22-,24+,28+/m1/s1. The number of amides is 2. The van der Waals surface area contributed by atoms with Crippen molar-refractivity contribution in [1.29, 1.82) is 0 Å². The van der Waals surface area contributed by atoms with E-state index in [0.29, 0.717) is 39.2 Å². The Balaban J connectivity index is 1.64. The van der Waals surface area contributed by atoms with E-state index in [2.05, 4.69) is 0 Å². The predicted molar refractivity (Wildman–Crippen MR) is 135 cm³/mol. The highest BCUT2D eigenvalue weighted by molar-refractivity contribution is 5.75. The van der Waals surface area contributed by atoms with E-state index in [4.69, 9.17) is 10.5 Å². The van der Waals surface area contributed by atoms with Gasteiger partial charge in [0.1, 0.15) is 5.82 Å². The Kier molecular flexibility index (Phi) is 8.42. The van der Waals surface area contributed by atoms with Gasteiger partial charge in [0.15, 0.2) is 0 Å². The molecule has 0 unspecified atom stereocenters. The Morgan fingerprint density at radius 2 is 1.83 bits per heavy atom. The number of likely N-dealkylation sites (tertiary alicyclic amines) is 2. The third-order valence-electron chi connectivity index (χ3n) is 7.57. The number of aliphatic hydroxyl groups is 1. The van der Waals surface area contributed by atoms with Crippen molar-refractivity contribution in [3.8, 4) is 11.1 Å². The van der Waals surface area contributed by atoms with E-state index in [1.807, 2.05) is 34.1 Å². The highest BCUT2D eigenvalue weighted by Gasteiger charge is 2.43. The fraction of sp³-hybridized carbons (Fsp3) is 0.536. The zero-order valence-electron chi connectivity index (χ0n) is 20.7. The molecule has 2 amide bonds. The Bertz CT molecular complexity index is 986. The van der Waals surface area contributed by atoms with Gasteiger partial charge >= 0.3 is 6.03 Å². The second-order valence-corrected chi connectivity index (χ2v) is 9.99. The van der Waals surface area contributed by atoms with E-state index in [1.165, 1.54) is 12.1 Å². The number of methoxy groups -OCH3 is 1. The molecule has 3 atom stereocenters. The average Bonchev–Trinajstić information content (AvgIpc) is 3.33. The van der Waals surface area contributed by atoms with Crippen LogP contribution in [0.25, 0.3) is 11.1 Å². The van der Waals surface area contributed by atoms with Gasteiger partial charge in [-0.15, -0.1) is 0 Å². The summed E-state index contributed by atoms with van der Waals surface area (Å²) in [5.74, 6) is -0.398. The first-order chi connectivity index (χ1) is 16.9. The van der Waals surface area contributed by atoms with Crippen LogP contribution in [0.2, 0.25) is 0 Å². The smallest absolute Gasteiger partial charge is 0.320 e. The van der Waals surface area contributed by atoms with E-state index in [1.54, 1.807) is 19.2 Å². The number of halogens is 1. The number of piperidine rings is 1. The van der Waals surface area contributed by atoms with Crippen LogP contribution in [0.4, 0.5) is 9.18 Å². The first-order valence-corrected chi connectivity index (χ1v) is 12.8. The van der Waals surface area contributed by atoms with Gasteiger partial charge in [0, 0.05) is 51.9 Å². The molecule has 2 aliphatic rings. The monoisotopic (exact) mass is 483 g/mol.